The molecule has 1 unspecified atom stereocenters. The van der Waals surface area contributed by atoms with Gasteiger partial charge in [-0.3, -0.25) is 11.3 Å². The molecule has 3 N–H and O–H groups in total. The van der Waals surface area contributed by atoms with E-state index < -0.39 is 0 Å². The predicted molar refractivity (Wildman–Crippen MR) is 79.3 cm³/mol. The number of ether oxygens (including phenoxy) is 1. The SMILES string of the molecule is COc1ccc(Cl)cc1C(NN)C1CCCCCC1. The van der Waals surface area contributed by atoms with Crippen LogP contribution >= 0.6 is 11.6 Å². The fraction of sp³-hybridized carbons (Fsp3) is 0.600. The lowest BCUT2D eigenvalue weighted by Gasteiger charge is -2.27. The van der Waals surface area contributed by atoms with Crippen molar-refractivity contribution in [3.8, 4) is 5.75 Å². The molecule has 3 nitrogen and oxygen atoms in total. The predicted octanol–water partition coefficient (Wildman–Crippen LogP) is 3.82. The third-order valence-electron chi connectivity index (χ3n) is 4.08. The Bertz CT molecular complexity index is 403. The summed E-state index contributed by atoms with van der Waals surface area (Å²) in [5, 5.41) is 0.727. The van der Waals surface area contributed by atoms with Gasteiger partial charge in [0.25, 0.3) is 0 Å². The zero-order chi connectivity index (χ0) is 13.7. The van der Waals surface area contributed by atoms with Crippen molar-refractivity contribution < 1.29 is 4.74 Å². The molecular formula is C15H23ClN2O. The maximum Gasteiger partial charge on any atom is 0.123 e. The van der Waals surface area contributed by atoms with Gasteiger partial charge in [-0.05, 0) is 37.0 Å². The van der Waals surface area contributed by atoms with Crippen LogP contribution in [0.15, 0.2) is 18.2 Å². The lowest BCUT2D eigenvalue weighted by Crippen LogP contribution is -2.33. The van der Waals surface area contributed by atoms with E-state index in [1.165, 1.54) is 38.5 Å². The average Bonchev–Trinajstić information content (AvgIpc) is 2.69. The molecule has 1 aromatic rings. The van der Waals surface area contributed by atoms with E-state index in [9.17, 15) is 0 Å². The maximum absolute atomic E-state index is 6.12. The topological polar surface area (TPSA) is 47.3 Å². The number of nitrogens with two attached hydrogens (primary N) is 1. The Morgan fingerprint density at radius 1 is 1.26 bits per heavy atom. The number of hydrazine groups is 1. The molecule has 1 aliphatic rings. The third kappa shape index (κ3) is 3.62. The normalized spacial score (nSPS) is 18.9. The highest BCUT2D eigenvalue weighted by Gasteiger charge is 2.25. The van der Waals surface area contributed by atoms with Crippen molar-refractivity contribution in [1.82, 2.24) is 5.43 Å². The summed E-state index contributed by atoms with van der Waals surface area (Å²) in [5.74, 6) is 7.23. The molecule has 1 aliphatic carbocycles. The van der Waals surface area contributed by atoms with Crippen LogP contribution in [0, 0.1) is 5.92 Å². The van der Waals surface area contributed by atoms with E-state index in [2.05, 4.69) is 5.43 Å². The molecule has 1 fully saturated rings. The zero-order valence-corrected chi connectivity index (χ0v) is 12.2. The van der Waals surface area contributed by atoms with Crippen LogP contribution in [0.4, 0.5) is 0 Å². The minimum Gasteiger partial charge on any atom is -0.496 e. The highest BCUT2D eigenvalue weighted by atomic mass is 35.5. The number of hydrogen-bond acceptors (Lipinski definition) is 3. The first-order valence-corrected chi connectivity index (χ1v) is 7.43. The Labute approximate surface area is 120 Å². The molecule has 0 amide bonds. The second-order valence-electron chi connectivity index (χ2n) is 5.28. The van der Waals surface area contributed by atoms with Crippen molar-refractivity contribution in [2.45, 2.75) is 44.6 Å². The van der Waals surface area contributed by atoms with Crippen LogP contribution in [0.5, 0.6) is 5.75 Å². The van der Waals surface area contributed by atoms with Crippen LogP contribution in [0.1, 0.15) is 50.1 Å². The average molecular weight is 283 g/mol. The van der Waals surface area contributed by atoms with Gasteiger partial charge in [-0.2, -0.15) is 0 Å². The van der Waals surface area contributed by atoms with Crippen molar-refractivity contribution in [2.75, 3.05) is 7.11 Å². The standard InChI is InChI=1S/C15H23ClN2O/c1-19-14-9-8-12(16)10-13(14)15(18-17)11-6-4-2-3-5-7-11/h8-11,15,18H,2-7,17H2,1H3. The maximum atomic E-state index is 6.12. The van der Waals surface area contributed by atoms with Gasteiger partial charge in [-0.25, -0.2) is 0 Å². The van der Waals surface area contributed by atoms with Crippen molar-refractivity contribution in [3.05, 3.63) is 28.8 Å². The van der Waals surface area contributed by atoms with Crippen molar-refractivity contribution in [3.63, 3.8) is 0 Å². The summed E-state index contributed by atoms with van der Waals surface area (Å²) in [6.45, 7) is 0. The Hall–Kier alpha value is -0.770. The van der Waals surface area contributed by atoms with Crippen LogP contribution in [0.2, 0.25) is 5.02 Å². The van der Waals surface area contributed by atoms with Gasteiger partial charge in [0.15, 0.2) is 0 Å². The van der Waals surface area contributed by atoms with E-state index in [4.69, 9.17) is 22.2 Å². The van der Waals surface area contributed by atoms with Gasteiger partial charge in [0.1, 0.15) is 5.75 Å². The number of nitrogens with one attached hydrogen (secondary N) is 1. The lowest BCUT2D eigenvalue weighted by atomic mass is 9.87. The molecule has 0 radical (unpaired) electrons. The first-order chi connectivity index (χ1) is 9.26. The fourth-order valence-electron chi connectivity index (χ4n) is 3.07. The largest absolute Gasteiger partial charge is 0.496 e. The summed E-state index contributed by atoms with van der Waals surface area (Å²) >= 11 is 6.12. The Kier molecular flexibility index (Phi) is 5.49. The molecule has 106 valence electrons. The van der Waals surface area contributed by atoms with Crippen LogP contribution < -0.4 is 16.0 Å². The molecule has 1 aromatic carbocycles. The molecule has 0 aromatic heterocycles. The van der Waals surface area contributed by atoms with E-state index in [0.29, 0.717) is 5.92 Å². The number of rotatable bonds is 4. The van der Waals surface area contributed by atoms with Gasteiger partial charge in [-0.15, -0.1) is 0 Å². The molecule has 19 heavy (non-hydrogen) atoms. The summed E-state index contributed by atoms with van der Waals surface area (Å²) in [7, 11) is 1.69. The van der Waals surface area contributed by atoms with Gasteiger partial charge < -0.3 is 4.74 Å². The van der Waals surface area contributed by atoms with E-state index in [0.717, 1.165) is 16.3 Å². The molecular weight excluding hydrogens is 260 g/mol. The third-order valence-corrected chi connectivity index (χ3v) is 4.31. The second-order valence-corrected chi connectivity index (χ2v) is 5.72. The smallest absolute Gasteiger partial charge is 0.123 e. The minimum atomic E-state index is 0.117. The van der Waals surface area contributed by atoms with Gasteiger partial charge >= 0.3 is 0 Å². The molecule has 0 heterocycles. The molecule has 4 heteroatoms. The van der Waals surface area contributed by atoms with Crippen LogP contribution in [-0.4, -0.2) is 7.11 Å². The van der Waals surface area contributed by atoms with Crippen LogP contribution in [0.3, 0.4) is 0 Å². The number of benzene rings is 1. The quantitative estimate of drug-likeness (QED) is 0.501. The van der Waals surface area contributed by atoms with Gasteiger partial charge in [-0.1, -0.05) is 37.3 Å². The van der Waals surface area contributed by atoms with Crippen molar-refractivity contribution in [1.29, 1.82) is 0 Å². The van der Waals surface area contributed by atoms with Crippen LogP contribution in [-0.2, 0) is 0 Å². The molecule has 1 saturated carbocycles. The van der Waals surface area contributed by atoms with E-state index >= 15 is 0 Å². The minimum absolute atomic E-state index is 0.117. The highest BCUT2D eigenvalue weighted by molar-refractivity contribution is 6.30. The van der Waals surface area contributed by atoms with Crippen molar-refractivity contribution >= 4 is 11.6 Å². The van der Waals surface area contributed by atoms with Gasteiger partial charge in [0, 0.05) is 10.6 Å². The summed E-state index contributed by atoms with van der Waals surface area (Å²) < 4.78 is 5.45. The molecule has 0 spiro atoms. The zero-order valence-electron chi connectivity index (χ0n) is 11.5. The molecule has 2 rings (SSSR count). The molecule has 0 aliphatic heterocycles. The van der Waals surface area contributed by atoms with E-state index in [-0.39, 0.29) is 6.04 Å². The first-order valence-electron chi connectivity index (χ1n) is 7.06. The number of halogens is 1. The summed E-state index contributed by atoms with van der Waals surface area (Å²) in [5.41, 5.74) is 4.05. The second kappa shape index (κ2) is 7.13. The van der Waals surface area contributed by atoms with Crippen molar-refractivity contribution in [2.24, 2.45) is 11.8 Å². The number of methoxy groups -OCH3 is 1. The van der Waals surface area contributed by atoms with E-state index in [1.54, 1.807) is 7.11 Å². The molecule has 0 bridgehead atoms. The Morgan fingerprint density at radius 2 is 1.95 bits per heavy atom. The number of hydrogen-bond donors (Lipinski definition) is 2. The Morgan fingerprint density at radius 3 is 2.53 bits per heavy atom. The van der Waals surface area contributed by atoms with E-state index in [1.807, 2.05) is 18.2 Å². The van der Waals surface area contributed by atoms with Gasteiger partial charge in [0.2, 0.25) is 0 Å². The summed E-state index contributed by atoms with van der Waals surface area (Å²) in [6, 6.07) is 5.85. The fourth-order valence-corrected chi connectivity index (χ4v) is 3.25. The summed E-state index contributed by atoms with van der Waals surface area (Å²) in [6.07, 6.45) is 7.66. The Balaban J connectivity index is 2.26. The molecule has 0 saturated heterocycles. The lowest BCUT2D eigenvalue weighted by molar-refractivity contribution is 0.316. The monoisotopic (exact) mass is 282 g/mol. The summed E-state index contributed by atoms with van der Waals surface area (Å²) in [4.78, 5) is 0. The highest BCUT2D eigenvalue weighted by Crippen LogP contribution is 2.37. The first kappa shape index (κ1) is 14.6. The van der Waals surface area contributed by atoms with Gasteiger partial charge in [0.05, 0.1) is 13.2 Å². The van der Waals surface area contributed by atoms with Crippen LogP contribution in [0.25, 0.3) is 0 Å². The molecule has 1 atom stereocenters.